The van der Waals surface area contributed by atoms with Crippen molar-refractivity contribution in [1.82, 2.24) is 14.8 Å². The van der Waals surface area contributed by atoms with Crippen LogP contribution in [-0.4, -0.2) is 23.2 Å². The zero-order valence-electron chi connectivity index (χ0n) is 13.7. The number of pyridine rings is 1. The first-order valence-electron chi connectivity index (χ1n) is 8.16. The number of hydrogen-bond donors (Lipinski definition) is 0. The summed E-state index contributed by atoms with van der Waals surface area (Å²) in [6, 6.07) is 5.73. The van der Waals surface area contributed by atoms with Gasteiger partial charge in [-0.1, -0.05) is 19.3 Å². The quantitative estimate of drug-likeness (QED) is 0.860. The summed E-state index contributed by atoms with van der Waals surface area (Å²) in [5.74, 6) is -0.0946. The van der Waals surface area contributed by atoms with E-state index in [0.717, 1.165) is 24.1 Å². The van der Waals surface area contributed by atoms with E-state index in [1.165, 1.54) is 19.3 Å². The Hall–Kier alpha value is -1.69. The van der Waals surface area contributed by atoms with Crippen molar-refractivity contribution in [3.63, 3.8) is 0 Å². The molecule has 23 heavy (non-hydrogen) atoms. The van der Waals surface area contributed by atoms with Gasteiger partial charge in [-0.3, -0.25) is 4.68 Å². The molecular formula is C17H23N3O2S. The Bertz CT molecular complexity index is 770. The number of nitrogens with zero attached hydrogens (tertiary/aromatic N) is 3. The van der Waals surface area contributed by atoms with Crippen LogP contribution in [0, 0.1) is 13.8 Å². The van der Waals surface area contributed by atoms with Crippen molar-refractivity contribution in [2.75, 3.05) is 0 Å². The second-order valence-electron chi connectivity index (χ2n) is 6.46. The molecule has 2 aromatic rings. The summed E-state index contributed by atoms with van der Waals surface area (Å²) in [6.45, 7) is 3.69. The maximum absolute atomic E-state index is 12.6. The van der Waals surface area contributed by atoms with Gasteiger partial charge in [-0.25, -0.2) is 13.4 Å². The zero-order chi connectivity index (χ0) is 16.4. The minimum Gasteiger partial charge on any atom is -0.269 e. The Kier molecular flexibility index (Phi) is 4.53. The largest absolute Gasteiger partial charge is 0.269 e. The number of rotatable bonds is 4. The third-order valence-electron chi connectivity index (χ3n) is 4.34. The number of hydrogen-bond acceptors (Lipinski definition) is 4. The third kappa shape index (κ3) is 3.80. The van der Waals surface area contributed by atoms with Crippen molar-refractivity contribution >= 4 is 9.84 Å². The molecule has 5 nitrogen and oxygen atoms in total. The van der Waals surface area contributed by atoms with Gasteiger partial charge in [-0.05, 0) is 50.5 Å². The molecule has 124 valence electrons. The highest BCUT2D eigenvalue weighted by Crippen LogP contribution is 2.27. The summed E-state index contributed by atoms with van der Waals surface area (Å²) >= 11 is 0. The van der Waals surface area contributed by atoms with E-state index in [9.17, 15) is 8.42 Å². The molecule has 0 saturated heterocycles. The van der Waals surface area contributed by atoms with Crippen LogP contribution in [0.2, 0.25) is 0 Å². The van der Waals surface area contributed by atoms with Gasteiger partial charge in [0, 0.05) is 11.9 Å². The Labute approximate surface area is 137 Å². The van der Waals surface area contributed by atoms with Gasteiger partial charge in [0.2, 0.25) is 9.84 Å². The first-order valence-corrected chi connectivity index (χ1v) is 9.81. The maximum atomic E-state index is 12.6. The third-order valence-corrected chi connectivity index (χ3v) is 5.87. The van der Waals surface area contributed by atoms with E-state index in [4.69, 9.17) is 0 Å². The zero-order valence-corrected chi connectivity index (χ0v) is 14.5. The van der Waals surface area contributed by atoms with Crippen LogP contribution in [0.25, 0.3) is 0 Å². The van der Waals surface area contributed by atoms with Crippen LogP contribution in [0.5, 0.6) is 0 Å². The van der Waals surface area contributed by atoms with E-state index in [2.05, 4.69) is 10.1 Å². The second kappa shape index (κ2) is 6.43. The molecule has 0 unspecified atom stereocenters. The van der Waals surface area contributed by atoms with Crippen molar-refractivity contribution < 1.29 is 8.42 Å². The Balaban J connectivity index is 1.79. The van der Waals surface area contributed by atoms with E-state index in [1.54, 1.807) is 6.07 Å². The van der Waals surface area contributed by atoms with Gasteiger partial charge in [-0.2, -0.15) is 5.10 Å². The summed E-state index contributed by atoms with van der Waals surface area (Å²) in [7, 11) is -3.46. The van der Waals surface area contributed by atoms with E-state index in [-0.39, 0.29) is 10.8 Å². The highest BCUT2D eigenvalue weighted by Gasteiger charge is 2.21. The average Bonchev–Trinajstić information content (AvgIpc) is 2.95. The predicted octanol–water partition coefficient (Wildman–Crippen LogP) is 3.37. The highest BCUT2D eigenvalue weighted by atomic mass is 32.2. The van der Waals surface area contributed by atoms with Crippen LogP contribution in [0.4, 0.5) is 0 Å². The molecule has 1 saturated carbocycles. The fraction of sp³-hybridized carbons (Fsp3) is 0.529. The van der Waals surface area contributed by atoms with Crippen LogP contribution in [0.15, 0.2) is 29.4 Å². The smallest absolute Gasteiger partial charge is 0.201 e. The molecule has 0 atom stereocenters. The molecule has 0 N–H and O–H groups in total. The van der Waals surface area contributed by atoms with Crippen LogP contribution >= 0.6 is 0 Å². The van der Waals surface area contributed by atoms with Crippen LogP contribution < -0.4 is 0 Å². The monoisotopic (exact) mass is 333 g/mol. The summed E-state index contributed by atoms with van der Waals surface area (Å²) in [4.78, 5) is 4.18. The van der Waals surface area contributed by atoms with E-state index in [0.29, 0.717) is 11.7 Å². The van der Waals surface area contributed by atoms with E-state index >= 15 is 0 Å². The molecule has 0 radical (unpaired) electrons. The summed E-state index contributed by atoms with van der Waals surface area (Å²) in [5, 5.41) is 4.64. The van der Waals surface area contributed by atoms with Gasteiger partial charge in [0.25, 0.3) is 0 Å². The maximum Gasteiger partial charge on any atom is 0.201 e. The van der Waals surface area contributed by atoms with Gasteiger partial charge in [0.05, 0.1) is 11.7 Å². The summed E-state index contributed by atoms with van der Waals surface area (Å²) in [6.07, 6.45) is 7.92. The molecule has 2 heterocycles. The number of aromatic nitrogens is 3. The summed E-state index contributed by atoms with van der Waals surface area (Å²) < 4.78 is 27.1. The van der Waals surface area contributed by atoms with Gasteiger partial charge in [0.15, 0.2) is 5.03 Å². The van der Waals surface area contributed by atoms with Crippen molar-refractivity contribution in [2.45, 2.75) is 62.8 Å². The van der Waals surface area contributed by atoms with Crippen LogP contribution in [0.1, 0.15) is 55.1 Å². The molecule has 0 aromatic carbocycles. The number of aryl methyl sites for hydroxylation is 2. The predicted molar refractivity (Wildman–Crippen MR) is 88.9 cm³/mol. The molecule has 2 aromatic heterocycles. The molecule has 0 bridgehead atoms. The van der Waals surface area contributed by atoms with Crippen LogP contribution in [0.3, 0.4) is 0 Å². The lowest BCUT2D eigenvalue weighted by atomic mass is 9.96. The molecule has 3 rings (SSSR count). The van der Waals surface area contributed by atoms with Crippen LogP contribution in [-0.2, 0) is 15.6 Å². The molecule has 0 aliphatic heterocycles. The molecule has 1 aliphatic rings. The first-order chi connectivity index (χ1) is 10.9. The highest BCUT2D eigenvalue weighted by molar-refractivity contribution is 7.90. The van der Waals surface area contributed by atoms with E-state index in [1.807, 2.05) is 36.9 Å². The Morgan fingerprint density at radius 3 is 2.61 bits per heavy atom. The minimum atomic E-state index is -3.46. The minimum absolute atomic E-state index is 0.0946. The van der Waals surface area contributed by atoms with Gasteiger partial charge in [-0.15, -0.1) is 0 Å². The van der Waals surface area contributed by atoms with Crippen molar-refractivity contribution in [1.29, 1.82) is 0 Å². The molecule has 1 aliphatic carbocycles. The molecule has 0 amide bonds. The molecular weight excluding hydrogens is 310 g/mol. The first kappa shape index (κ1) is 16.2. The van der Waals surface area contributed by atoms with Crippen molar-refractivity contribution in [3.05, 3.63) is 41.3 Å². The van der Waals surface area contributed by atoms with Gasteiger partial charge in [0.1, 0.15) is 5.75 Å². The SMILES string of the molecule is Cc1cc(C)nc(S(=O)(=O)Cc2ccn(C3CCCCC3)n2)c1. The second-order valence-corrected chi connectivity index (χ2v) is 8.40. The fourth-order valence-corrected chi connectivity index (χ4v) is 4.58. The molecule has 1 fully saturated rings. The Morgan fingerprint density at radius 1 is 1.17 bits per heavy atom. The molecule has 6 heteroatoms. The topological polar surface area (TPSA) is 64.8 Å². The molecule has 0 spiro atoms. The normalized spacial score (nSPS) is 16.6. The standard InChI is InChI=1S/C17H23N3O2S/c1-13-10-14(2)18-17(11-13)23(21,22)12-15-8-9-20(19-15)16-6-4-3-5-7-16/h8-11,16H,3-7,12H2,1-2H3. The number of sulfone groups is 1. The van der Waals surface area contributed by atoms with Gasteiger partial charge < -0.3 is 0 Å². The summed E-state index contributed by atoms with van der Waals surface area (Å²) in [5.41, 5.74) is 2.22. The fourth-order valence-electron chi connectivity index (χ4n) is 3.24. The van der Waals surface area contributed by atoms with Crippen molar-refractivity contribution in [2.24, 2.45) is 0 Å². The van der Waals surface area contributed by atoms with Crippen molar-refractivity contribution in [3.8, 4) is 0 Å². The Morgan fingerprint density at radius 2 is 1.91 bits per heavy atom. The lowest BCUT2D eigenvalue weighted by Gasteiger charge is -2.21. The lowest BCUT2D eigenvalue weighted by molar-refractivity contribution is 0.328. The average molecular weight is 333 g/mol. The van der Waals surface area contributed by atoms with Gasteiger partial charge >= 0.3 is 0 Å². The van der Waals surface area contributed by atoms with E-state index < -0.39 is 9.84 Å². The lowest BCUT2D eigenvalue weighted by Crippen LogP contribution is -2.14.